The van der Waals surface area contributed by atoms with Gasteiger partial charge in [-0.25, -0.2) is 9.50 Å². The summed E-state index contributed by atoms with van der Waals surface area (Å²) in [5.41, 5.74) is 4.22. The van der Waals surface area contributed by atoms with E-state index in [0.29, 0.717) is 5.52 Å². The zero-order valence-corrected chi connectivity index (χ0v) is 16.7. The average Bonchev–Trinajstić information content (AvgIpc) is 3.21. The topological polar surface area (TPSA) is 156 Å². The molecule has 0 spiro atoms. The predicted octanol–water partition coefficient (Wildman–Crippen LogP) is 0.376. The number of fused-ring (bicyclic) bond motifs is 1. The minimum Gasteiger partial charge on any atom is -0.463 e. The van der Waals surface area contributed by atoms with Crippen LogP contribution < -0.4 is 5.73 Å². The summed E-state index contributed by atoms with van der Waals surface area (Å²) in [7, 11) is 0. The fourth-order valence-corrected chi connectivity index (χ4v) is 3.19. The lowest BCUT2D eigenvalue weighted by Crippen LogP contribution is -2.41. The number of nitrogens with two attached hydrogens (primary N) is 1. The van der Waals surface area contributed by atoms with E-state index in [4.69, 9.17) is 15.2 Å². The van der Waals surface area contributed by atoms with Crippen LogP contribution in [0, 0.1) is 22.7 Å². The third-order valence-electron chi connectivity index (χ3n) is 5.53. The van der Waals surface area contributed by atoms with E-state index in [1.54, 1.807) is 13.0 Å². The van der Waals surface area contributed by atoms with Crippen molar-refractivity contribution in [3.05, 3.63) is 24.2 Å². The molecule has 10 nitrogen and oxygen atoms in total. The van der Waals surface area contributed by atoms with Crippen molar-refractivity contribution < 1.29 is 24.5 Å². The first-order valence-corrected chi connectivity index (χ1v) is 9.23. The number of aromatic nitrogens is 3. The average molecular weight is 403 g/mol. The standard InChI is InChI=1S/C19H25N5O5/c1-10(18(2,3)4)17(27)28-7-12-14(25)15(26)19(8-20,29-12)13-6-5-11-16(21)22-9-23-24(11)13/h5-6,9-10,12,14-15,25-26H,7H2,1-4H3,(H2,21,22,23)/t10-,12-,14-,15-,19+/m1/s1. The van der Waals surface area contributed by atoms with E-state index in [1.165, 1.54) is 16.9 Å². The van der Waals surface area contributed by atoms with Gasteiger partial charge in [-0.15, -0.1) is 0 Å². The number of carbonyl (C=O) groups excluding carboxylic acids is 1. The molecule has 5 atom stereocenters. The van der Waals surface area contributed by atoms with Crippen LogP contribution in [0.2, 0.25) is 0 Å². The Balaban J connectivity index is 1.86. The third kappa shape index (κ3) is 3.42. The van der Waals surface area contributed by atoms with Crippen LogP contribution in [0.25, 0.3) is 5.52 Å². The van der Waals surface area contributed by atoms with E-state index in [2.05, 4.69) is 10.1 Å². The zero-order chi connectivity index (χ0) is 21.6. The molecule has 1 saturated heterocycles. The van der Waals surface area contributed by atoms with Crippen molar-refractivity contribution in [3.63, 3.8) is 0 Å². The molecule has 0 aromatic carbocycles. The second-order valence-corrected chi connectivity index (χ2v) is 8.32. The summed E-state index contributed by atoms with van der Waals surface area (Å²) in [5.74, 6) is -0.652. The quantitative estimate of drug-likeness (QED) is 0.614. The molecule has 1 fully saturated rings. The Morgan fingerprint density at radius 3 is 2.79 bits per heavy atom. The number of ether oxygens (including phenoxy) is 2. The molecular weight excluding hydrogens is 378 g/mol. The molecule has 2 aromatic heterocycles. The number of rotatable bonds is 4. The van der Waals surface area contributed by atoms with Gasteiger partial charge in [0.05, 0.1) is 11.6 Å². The van der Waals surface area contributed by atoms with Gasteiger partial charge in [0, 0.05) is 0 Å². The van der Waals surface area contributed by atoms with Gasteiger partial charge in [0.1, 0.15) is 42.8 Å². The normalized spacial score (nSPS) is 28.2. The molecule has 0 amide bonds. The molecule has 0 saturated carbocycles. The van der Waals surface area contributed by atoms with E-state index in [-0.39, 0.29) is 29.5 Å². The highest BCUT2D eigenvalue weighted by Crippen LogP contribution is 2.40. The van der Waals surface area contributed by atoms with Gasteiger partial charge < -0.3 is 25.4 Å². The Bertz CT molecular complexity index is 962. The molecular formula is C19H25N5O5. The van der Waals surface area contributed by atoms with Crippen molar-refractivity contribution in [1.29, 1.82) is 5.26 Å². The maximum Gasteiger partial charge on any atom is 0.309 e. The minimum absolute atomic E-state index is 0.188. The minimum atomic E-state index is -1.92. The number of nitrogen functional groups attached to an aromatic ring is 1. The Labute approximate surface area is 167 Å². The highest BCUT2D eigenvalue weighted by molar-refractivity contribution is 5.72. The first-order valence-electron chi connectivity index (χ1n) is 9.23. The molecule has 10 heteroatoms. The maximum atomic E-state index is 12.3. The highest BCUT2D eigenvalue weighted by atomic mass is 16.6. The molecule has 1 aliphatic rings. The predicted molar refractivity (Wildman–Crippen MR) is 101 cm³/mol. The van der Waals surface area contributed by atoms with E-state index in [0.717, 1.165) is 0 Å². The summed E-state index contributed by atoms with van der Waals surface area (Å²) in [6, 6.07) is 5.05. The number of nitriles is 1. The summed E-state index contributed by atoms with van der Waals surface area (Å²) < 4.78 is 12.4. The third-order valence-corrected chi connectivity index (χ3v) is 5.53. The molecule has 3 heterocycles. The number of anilines is 1. The van der Waals surface area contributed by atoms with Crippen molar-refractivity contribution in [2.45, 2.75) is 51.6 Å². The zero-order valence-electron chi connectivity index (χ0n) is 16.7. The molecule has 1 aliphatic heterocycles. The summed E-state index contributed by atoms with van der Waals surface area (Å²) >= 11 is 0. The number of hydrogen-bond donors (Lipinski definition) is 3. The number of hydrogen-bond acceptors (Lipinski definition) is 9. The largest absolute Gasteiger partial charge is 0.463 e. The Kier molecular flexibility index (Phi) is 5.25. The monoisotopic (exact) mass is 403 g/mol. The lowest BCUT2D eigenvalue weighted by molar-refractivity contribution is -0.158. The fraction of sp³-hybridized carbons (Fsp3) is 0.579. The maximum absolute atomic E-state index is 12.3. The Morgan fingerprint density at radius 2 is 2.17 bits per heavy atom. The second-order valence-electron chi connectivity index (χ2n) is 8.32. The Hall–Kier alpha value is -2.74. The van der Waals surface area contributed by atoms with Crippen LogP contribution in [-0.2, 0) is 19.9 Å². The van der Waals surface area contributed by atoms with Crippen LogP contribution in [0.5, 0.6) is 0 Å². The molecule has 0 radical (unpaired) electrons. The smallest absolute Gasteiger partial charge is 0.309 e. The van der Waals surface area contributed by atoms with Crippen molar-refractivity contribution in [3.8, 4) is 6.07 Å². The second kappa shape index (κ2) is 7.26. The summed E-state index contributed by atoms with van der Waals surface area (Å²) in [4.78, 5) is 16.2. The fourth-order valence-electron chi connectivity index (χ4n) is 3.19. The van der Waals surface area contributed by atoms with Gasteiger partial charge in [0.15, 0.2) is 5.82 Å². The molecule has 0 aliphatic carbocycles. The molecule has 4 N–H and O–H groups in total. The van der Waals surface area contributed by atoms with Crippen molar-refractivity contribution >= 4 is 17.3 Å². The number of aliphatic hydroxyl groups excluding tert-OH is 2. The van der Waals surface area contributed by atoms with Gasteiger partial charge in [-0.05, 0) is 17.5 Å². The molecule has 3 rings (SSSR count). The van der Waals surface area contributed by atoms with Gasteiger partial charge in [0.2, 0.25) is 5.60 Å². The van der Waals surface area contributed by atoms with Crippen LogP contribution in [0.1, 0.15) is 33.4 Å². The number of nitrogens with zero attached hydrogens (tertiary/aromatic N) is 4. The van der Waals surface area contributed by atoms with E-state index < -0.39 is 29.9 Å². The lowest BCUT2D eigenvalue weighted by atomic mass is 9.82. The highest BCUT2D eigenvalue weighted by Gasteiger charge is 2.57. The van der Waals surface area contributed by atoms with Gasteiger partial charge in [-0.3, -0.25) is 4.79 Å². The van der Waals surface area contributed by atoms with Gasteiger partial charge in [-0.1, -0.05) is 27.7 Å². The van der Waals surface area contributed by atoms with Crippen LogP contribution in [0.15, 0.2) is 18.5 Å². The van der Waals surface area contributed by atoms with E-state index >= 15 is 0 Å². The van der Waals surface area contributed by atoms with Crippen LogP contribution >= 0.6 is 0 Å². The molecule has 0 bridgehead atoms. The van der Waals surface area contributed by atoms with Gasteiger partial charge in [-0.2, -0.15) is 10.4 Å². The molecule has 156 valence electrons. The SMILES string of the molecule is C[C@H](C(=O)OC[C@H]1O[C@@](C#N)(c2ccc3c(N)ncnn23)[C@H](O)[C@@H]1O)C(C)(C)C. The molecule has 29 heavy (non-hydrogen) atoms. The van der Waals surface area contributed by atoms with Crippen molar-refractivity contribution in [2.75, 3.05) is 12.3 Å². The van der Waals surface area contributed by atoms with Crippen molar-refractivity contribution in [2.24, 2.45) is 11.3 Å². The van der Waals surface area contributed by atoms with Crippen LogP contribution in [0.4, 0.5) is 5.82 Å². The number of carbonyl (C=O) groups is 1. The van der Waals surface area contributed by atoms with Crippen LogP contribution in [0.3, 0.4) is 0 Å². The first-order chi connectivity index (χ1) is 13.5. The van der Waals surface area contributed by atoms with Gasteiger partial charge >= 0.3 is 5.97 Å². The molecule has 2 aromatic rings. The van der Waals surface area contributed by atoms with Crippen LogP contribution in [-0.4, -0.2) is 55.7 Å². The van der Waals surface area contributed by atoms with E-state index in [9.17, 15) is 20.3 Å². The molecule has 0 unspecified atom stereocenters. The summed E-state index contributed by atoms with van der Waals surface area (Å²) in [5, 5.41) is 35.1. The number of aliphatic hydroxyl groups is 2. The Morgan fingerprint density at radius 1 is 1.48 bits per heavy atom. The van der Waals surface area contributed by atoms with Gasteiger partial charge in [0.25, 0.3) is 0 Å². The number of esters is 1. The summed E-state index contributed by atoms with van der Waals surface area (Å²) in [6.45, 7) is 7.18. The summed E-state index contributed by atoms with van der Waals surface area (Å²) in [6.07, 6.45) is -2.92. The van der Waals surface area contributed by atoms with Crippen molar-refractivity contribution in [1.82, 2.24) is 14.6 Å². The first kappa shape index (κ1) is 21.0. The lowest BCUT2D eigenvalue weighted by Gasteiger charge is -2.26. The van der Waals surface area contributed by atoms with E-state index in [1.807, 2.05) is 26.8 Å².